The second-order valence-electron chi connectivity index (χ2n) is 7.41. The van der Waals surface area contributed by atoms with E-state index >= 15 is 0 Å². The molecule has 0 heterocycles. The van der Waals surface area contributed by atoms with Crippen molar-refractivity contribution in [1.29, 1.82) is 0 Å². The molecule has 0 spiro atoms. The van der Waals surface area contributed by atoms with Gasteiger partial charge in [0, 0.05) is 26.7 Å². The van der Waals surface area contributed by atoms with E-state index in [-0.39, 0.29) is 6.61 Å². The number of hydrogen-bond acceptors (Lipinski definition) is 3. The van der Waals surface area contributed by atoms with Crippen molar-refractivity contribution in [2.45, 2.75) is 38.5 Å². The van der Waals surface area contributed by atoms with Gasteiger partial charge in [-0.3, -0.25) is 4.90 Å². The van der Waals surface area contributed by atoms with Crippen LogP contribution in [0.4, 0.5) is 0 Å². The summed E-state index contributed by atoms with van der Waals surface area (Å²) < 4.78 is 5.22. The molecule has 4 bridgehead atoms. The number of rotatable bonds is 7. The molecule has 4 aliphatic carbocycles. The average molecular weight is 267 g/mol. The van der Waals surface area contributed by atoms with Crippen LogP contribution in [-0.2, 0) is 4.74 Å². The third-order valence-electron chi connectivity index (χ3n) is 5.75. The Morgan fingerprint density at radius 2 is 1.63 bits per heavy atom. The summed E-state index contributed by atoms with van der Waals surface area (Å²) in [6.45, 7) is 4.03. The van der Waals surface area contributed by atoms with Crippen molar-refractivity contribution in [3.05, 3.63) is 0 Å². The van der Waals surface area contributed by atoms with E-state index in [4.69, 9.17) is 4.74 Å². The molecule has 110 valence electrons. The standard InChI is InChI=1S/C16H29NO2/c1-19-5-3-17(2-4-18)12-16-9-13-6-14(10-16)8-15(7-13)11-16/h13-15,18H,2-12H2,1H3. The van der Waals surface area contributed by atoms with Crippen LogP contribution in [0.1, 0.15) is 38.5 Å². The molecule has 0 atom stereocenters. The van der Waals surface area contributed by atoms with Gasteiger partial charge in [-0.25, -0.2) is 0 Å². The molecule has 0 radical (unpaired) electrons. The van der Waals surface area contributed by atoms with E-state index in [1.165, 1.54) is 45.1 Å². The Labute approximate surface area is 117 Å². The smallest absolute Gasteiger partial charge is 0.0589 e. The lowest BCUT2D eigenvalue weighted by Gasteiger charge is -2.58. The Hall–Kier alpha value is -0.120. The highest BCUT2D eigenvalue weighted by Crippen LogP contribution is 2.60. The first-order valence-corrected chi connectivity index (χ1v) is 8.05. The van der Waals surface area contributed by atoms with E-state index in [0.717, 1.165) is 37.5 Å². The van der Waals surface area contributed by atoms with Crippen molar-refractivity contribution in [3.63, 3.8) is 0 Å². The Morgan fingerprint density at radius 3 is 2.11 bits per heavy atom. The Kier molecular flexibility index (Phi) is 4.16. The molecule has 3 nitrogen and oxygen atoms in total. The maximum Gasteiger partial charge on any atom is 0.0589 e. The lowest BCUT2D eigenvalue weighted by Crippen LogP contribution is -2.52. The first-order valence-electron chi connectivity index (χ1n) is 8.05. The minimum atomic E-state index is 0.274. The van der Waals surface area contributed by atoms with E-state index in [0.29, 0.717) is 5.41 Å². The van der Waals surface area contributed by atoms with Gasteiger partial charge in [0.15, 0.2) is 0 Å². The molecule has 0 aromatic heterocycles. The van der Waals surface area contributed by atoms with E-state index in [9.17, 15) is 5.11 Å². The van der Waals surface area contributed by atoms with Crippen molar-refractivity contribution >= 4 is 0 Å². The van der Waals surface area contributed by atoms with E-state index in [1.54, 1.807) is 7.11 Å². The summed E-state index contributed by atoms with van der Waals surface area (Å²) >= 11 is 0. The highest BCUT2D eigenvalue weighted by atomic mass is 16.5. The molecule has 4 saturated carbocycles. The van der Waals surface area contributed by atoms with Crippen molar-refractivity contribution in [2.75, 3.05) is 40.0 Å². The summed E-state index contributed by atoms with van der Waals surface area (Å²) in [4.78, 5) is 2.44. The zero-order valence-electron chi connectivity index (χ0n) is 12.3. The van der Waals surface area contributed by atoms with E-state index in [1.807, 2.05) is 0 Å². The highest BCUT2D eigenvalue weighted by molar-refractivity contribution is 5.02. The quantitative estimate of drug-likeness (QED) is 0.767. The monoisotopic (exact) mass is 267 g/mol. The number of hydrogen-bond donors (Lipinski definition) is 1. The maximum atomic E-state index is 9.27. The largest absolute Gasteiger partial charge is 0.395 e. The molecule has 4 aliphatic rings. The summed E-state index contributed by atoms with van der Waals surface area (Å²) in [5.41, 5.74) is 0.581. The van der Waals surface area contributed by atoms with Gasteiger partial charge in [-0.2, -0.15) is 0 Å². The highest BCUT2D eigenvalue weighted by Gasteiger charge is 2.51. The van der Waals surface area contributed by atoms with Crippen molar-refractivity contribution in [1.82, 2.24) is 4.90 Å². The number of methoxy groups -OCH3 is 1. The molecule has 3 heteroatoms. The molecule has 0 saturated heterocycles. The fraction of sp³-hybridized carbons (Fsp3) is 1.00. The molecular formula is C16H29NO2. The molecule has 4 rings (SSSR count). The minimum absolute atomic E-state index is 0.274. The van der Waals surface area contributed by atoms with Gasteiger partial charge < -0.3 is 9.84 Å². The van der Waals surface area contributed by atoms with Crippen LogP contribution >= 0.6 is 0 Å². The lowest BCUT2D eigenvalue weighted by atomic mass is 9.49. The number of ether oxygens (including phenoxy) is 1. The van der Waals surface area contributed by atoms with E-state index in [2.05, 4.69) is 4.90 Å². The summed E-state index contributed by atoms with van der Waals surface area (Å²) in [7, 11) is 1.77. The Morgan fingerprint density at radius 1 is 1.05 bits per heavy atom. The second-order valence-corrected chi connectivity index (χ2v) is 7.41. The van der Waals surface area contributed by atoms with E-state index < -0.39 is 0 Å². The van der Waals surface area contributed by atoms with Gasteiger partial charge >= 0.3 is 0 Å². The molecule has 19 heavy (non-hydrogen) atoms. The molecule has 0 aromatic carbocycles. The minimum Gasteiger partial charge on any atom is -0.395 e. The average Bonchev–Trinajstić information content (AvgIpc) is 2.34. The van der Waals surface area contributed by atoms with Gasteiger partial charge in [0.2, 0.25) is 0 Å². The van der Waals surface area contributed by atoms with Crippen LogP contribution in [-0.4, -0.2) is 50.0 Å². The SMILES string of the molecule is COCCN(CCO)CC12CC3CC(CC(C3)C1)C2. The fourth-order valence-corrected chi connectivity index (χ4v) is 5.59. The van der Waals surface area contributed by atoms with Crippen LogP contribution in [0.2, 0.25) is 0 Å². The van der Waals surface area contributed by atoms with Crippen LogP contribution in [0.25, 0.3) is 0 Å². The molecule has 1 N–H and O–H groups in total. The summed E-state index contributed by atoms with van der Waals surface area (Å²) in [5, 5.41) is 9.27. The van der Waals surface area contributed by atoms with Crippen LogP contribution in [0, 0.1) is 23.2 Å². The van der Waals surface area contributed by atoms with Gasteiger partial charge in [0.05, 0.1) is 13.2 Å². The second kappa shape index (κ2) is 5.71. The van der Waals surface area contributed by atoms with Gasteiger partial charge in [-0.1, -0.05) is 0 Å². The van der Waals surface area contributed by atoms with Gasteiger partial charge in [0.25, 0.3) is 0 Å². The molecular weight excluding hydrogens is 238 g/mol. The number of aliphatic hydroxyl groups excluding tert-OH is 1. The lowest BCUT2D eigenvalue weighted by molar-refractivity contribution is -0.0719. The number of nitrogens with zero attached hydrogens (tertiary/aromatic N) is 1. The van der Waals surface area contributed by atoms with Crippen molar-refractivity contribution < 1.29 is 9.84 Å². The Bertz CT molecular complexity index is 270. The summed E-state index contributed by atoms with van der Waals surface area (Å²) in [5.74, 6) is 3.05. The van der Waals surface area contributed by atoms with Gasteiger partial charge in [0.1, 0.15) is 0 Å². The molecule has 4 fully saturated rings. The van der Waals surface area contributed by atoms with Crippen LogP contribution in [0.5, 0.6) is 0 Å². The molecule has 0 aliphatic heterocycles. The third-order valence-corrected chi connectivity index (χ3v) is 5.75. The zero-order chi connectivity index (χ0) is 13.3. The summed E-state index contributed by atoms with van der Waals surface area (Å²) in [6.07, 6.45) is 8.89. The molecule has 0 unspecified atom stereocenters. The zero-order valence-corrected chi connectivity index (χ0v) is 12.3. The van der Waals surface area contributed by atoms with Crippen LogP contribution < -0.4 is 0 Å². The van der Waals surface area contributed by atoms with Crippen molar-refractivity contribution in [3.8, 4) is 0 Å². The first-order chi connectivity index (χ1) is 9.23. The number of aliphatic hydroxyl groups is 1. The van der Waals surface area contributed by atoms with Crippen LogP contribution in [0.3, 0.4) is 0 Å². The van der Waals surface area contributed by atoms with Gasteiger partial charge in [-0.15, -0.1) is 0 Å². The third kappa shape index (κ3) is 2.98. The van der Waals surface area contributed by atoms with Gasteiger partial charge in [-0.05, 0) is 61.7 Å². The predicted molar refractivity (Wildman–Crippen MR) is 76.0 cm³/mol. The summed E-state index contributed by atoms with van der Waals surface area (Å²) in [6, 6.07) is 0. The first kappa shape index (κ1) is 13.8. The maximum absolute atomic E-state index is 9.27. The molecule has 0 amide bonds. The predicted octanol–water partition coefficient (Wildman–Crippen LogP) is 2.14. The van der Waals surface area contributed by atoms with Crippen LogP contribution in [0.15, 0.2) is 0 Å². The Balaban J connectivity index is 1.63. The normalized spacial score (nSPS) is 40.3. The fourth-order valence-electron chi connectivity index (χ4n) is 5.59. The topological polar surface area (TPSA) is 32.7 Å². The molecule has 0 aromatic rings. The van der Waals surface area contributed by atoms with Crippen molar-refractivity contribution in [2.24, 2.45) is 23.2 Å².